The molecule has 0 aliphatic rings. The van der Waals surface area contributed by atoms with Gasteiger partial charge in [-0.1, -0.05) is 57.5 Å². The van der Waals surface area contributed by atoms with Crippen molar-refractivity contribution < 1.29 is 0 Å². The minimum Gasteiger partial charge on any atom is -0.313 e. The van der Waals surface area contributed by atoms with Crippen molar-refractivity contribution in [2.45, 2.75) is 53.0 Å². The summed E-state index contributed by atoms with van der Waals surface area (Å²) in [6.07, 6.45) is 3.33. The van der Waals surface area contributed by atoms with Crippen molar-refractivity contribution in [3.8, 4) is 0 Å². The van der Waals surface area contributed by atoms with Gasteiger partial charge in [-0.15, -0.1) is 0 Å². The van der Waals surface area contributed by atoms with E-state index in [2.05, 4.69) is 45.1 Å². The third kappa shape index (κ3) is 4.29. The van der Waals surface area contributed by atoms with Gasteiger partial charge in [-0.05, 0) is 42.9 Å². The van der Waals surface area contributed by atoms with E-state index in [1.54, 1.807) is 0 Å². The first-order valence-electron chi connectivity index (χ1n) is 6.98. The highest BCUT2D eigenvalue weighted by molar-refractivity contribution is 6.31. The fourth-order valence-electron chi connectivity index (χ4n) is 2.07. The molecule has 0 aliphatic carbocycles. The normalized spacial score (nSPS) is 13.6. The zero-order chi connectivity index (χ0) is 13.6. The first kappa shape index (κ1) is 15.5. The predicted octanol–water partition coefficient (Wildman–Crippen LogP) is 4.69. The lowest BCUT2D eigenvalue weighted by Crippen LogP contribution is -2.43. The quantitative estimate of drug-likeness (QED) is 0.756. The monoisotopic (exact) mass is 267 g/mol. The van der Waals surface area contributed by atoms with Crippen LogP contribution < -0.4 is 5.32 Å². The number of hydrogen-bond acceptors (Lipinski definition) is 1. The number of benzene rings is 1. The Labute approximate surface area is 117 Å². The molecular weight excluding hydrogens is 242 g/mol. The molecule has 0 heterocycles. The molecule has 0 spiro atoms. The van der Waals surface area contributed by atoms with Crippen LogP contribution in [0.1, 0.15) is 46.1 Å². The highest BCUT2D eigenvalue weighted by Crippen LogP contribution is 2.29. The predicted molar refractivity (Wildman–Crippen MR) is 81.3 cm³/mol. The van der Waals surface area contributed by atoms with Crippen molar-refractivity contribution in [2.75, 3.05) is 6.54 Å². The van der Waals surface area contributed by atoms with Crippen molar-refractivity contribution in [1.82, 2.24) is 5.32 Å². The van der Waals surface area contributed by atoms with Crippen molar-refractivity contribution in [1.29, 1.82) is 0 Å². The van der Waals surface area contributed by atoms with Crippen LogP contribution in [0.5, 0.6) is 0 Å². The van der Waals surface area contributed by atoms with Gasteiger partial charge in [0.05, 0.1) is 0 Å². The number of hydrogen-bond donors (Lipinski definition) is 1. The van der Waals surface area contributed by atoms with Gasteiger partial charge in [0.15, 0.2) is 0 Å². The summed E-state index contributed by atoms with van der Waals surface area (Å²) in [5.41, 5.74) is 1.53. The molecule has 0 fully saturated rings. The maximum absolute atomic E-state index is 6.27. The van der Waals surface area contributed by atoms with Crippen LogP contribution in [-0.2, 0) is 6.42 Å². The lowest BCUT2D eigenvalue weighted by Gasteiger charge is -2.35. The molecule has 0 bridgehead atoms. The third-order valence-corrected chi connectivity index (χ3v) is 4.25. The number of rotatable bonds is 7. The standard InChI is InChI=1S/C16H26ClN/c1-5-11-18-15(16(3,4)6-2)12-13-9-7-8-10-14(13)17/h7-10,15,18H,5-6,11-12H2,1-4H3. The van der Waals surface area contributed by atoms with Gasteiger partial charge >= 0.3 is 0 Å². The Balaban J connectivity index is 2.81. The van der Waals surface area contributed by atoms with E-state index in [-0.39, 0.29) is 5.41 Å². The van der Waals surface area contributed by atoms with E-state index >= 15 is 0 Å². The molecule has 1 unspecified atom stereocenters. The Morgan fingerprint density at radius 1 is 1.22 bits per heavy atom. The molecule has 102 valence electrons. The maximum atomic E-state index is 6.27. The summed E-state index contributed by atoms with van der Waals surface area (Å²) in [5, 5.41) is 4.56. The van der Waals surface area contributed by atoms with Gasteiger partial charge in [-0.2, -0.15) is 0 Å². The van der Waals surface area contributed by atoms with Gasteiger partial charge in [-0.3, -0.25) is 0 Å². The lowest BCUT2D eigenvalue weighted by molar-refractivity contribution is 0.230. The minimum atomic E-state index is 0.286. The number of halogens is 1. The molecule has 1 rings (SSSR count). The minimum absolute atomic E-state index is 0.286. The van der Waals surface area contributed by atoms with Crippen molar-refractivity contribution >= 4 is 11.6 Å². The maximum Gasteiger partial charge on any atom is 0.0438 e. The second-order valence-corrected chi connectivity index (χ2v) is 6.05. The van der Waals surface area contributed by atoms with E-state index < -0.39 is 0 Å². The van der Waals surface area contributed by atoms with Crippen LogP contribution in [0.2, 0.25) is 5.02 Å². The summed E-state index contributed by atoms with van der Waals surface area (Å²) in [5.74, 6) is 0. The molecule has 1 aromatic rings. The zero-order valence-corrected chi connectivity index (χ0v) is 12.8. The first-order valence-corrected chi connectivity index (χ1v) is 7.35. The summed E-state index contributed by atoms with van der Waals surface area (Å²) >= 11 is 6.27. The first-order chi connectivity index (χ1) is 8.51. The van der Waals surface area contributed by atoms with Gasteiger partial charge in [0.25, 0.3) is 0 Å². The summed E-state index contributed by atoms with van der Waals surface area (Å²) in [7, 11) is 0. The fraction of sp³-hybridized carbons (Fsp3) is 0.625. The van der Waals surface area contributed by atoms with E-state index in [9.17, 15) is 0 Å². The second-order valence-electron chi connectivity index (χ2n) is 5.64. The van der Waals surface area contributed by atoms with Crippen molar-refractivity contribution in [3.63, 3.8) is 0 Å². The Hall–Kier alpha value is -0.530. The van der Waals surface area contributed by atoms with Crippen LogP contribution in [0.3, 0.4) is 0 Å². The zero-order valence-electron chi connectivity index (χ0n) is 12.1. The summed E-state index contributed by atoms with van der Waals surface area (Å²) in [6.45, 7) is 10.2. The topological polar surface area (TPSA) is 12.0 Å². The van der Waals surface area contributed by atoms with Gasteiger partial charge in [0.1, 0.15) is 0 Å². The molecule has 1 N–H and O–H groups in total. The van der Waals surface area contributed by atoms with Crippen LogP contribution in [-0.4, -0.2) is 12.6 Å². The van der Waals surface area contributed by atoms with Crippen LogP contribution in [0, 0.1) is 5.41 Å². The molecule has 1 atom stereocenters. The van der Waals surface area contributed by atoms with E-state index in [1.807, 2.05) is 12.1 Å². The second kappa shape index (κ2) is 7.16. The fourth-order valence-corrected chi connectivity index (χ4v) is 2.29. The average Bonchev–Trinajstić information content (AvgIpc) is 2.36. The Morgan fingerprint density at radius 3 is 2.44 bits per heavy atom. The number of nitrogens with one attached hydrogen (secondary N) is 1. The van der Waals surface area contributed by atoms with E-state index in [4.69, 9.17) is 11.6 Å². The van der Waals surface area contributed by atoms with Crippen LogP contribution >= 0.6 is 11.6 Å². The molecule has 0 radical (unpaired) electrons. The molecule has 1 nitrogen and oxygen atoms in total. The van der Waals surface area contributed by atoms with Gasteiger partial charge in [-0.25, -0.2) is 0 Å². The molecule has 0 saturated carbocycles. The average molecular weight is 268 g/mol. The Kier molecular flexibility index (Phi) is 6.17. The van der Waals surface area contributed by atoms with E-state index in [1.165, 1.54) is 18.4 Å². The van der Waals surface area contributed by atoms with Crippen LogP contribution in [0.4, 0.5) is 0 Å². The molecule has 18 heavy (non-hydrogen) atoms. The highest BCUT2D eigenvalue weighted by Gasteiger charge is 2.27. The highest BCUT2D eigenvalue weighted by atomic mass is 35.5. The molecule has 1 aromatic carbocycles. The summed E-state index contributed by atoms with van der Waals surface area (Å²) in [6, 6.07) is 8.64. The third-order valence-electron chi connectivity index (χ3n) is 3.88. The van der Waals surface area contributed by atoms with Crippen LogP contribution in [0.15, 0.2) is 24.3 Å². The molecule has 0 aromatic heterocycles. The van der Waals surface area contributed by atoms with E-state index in [0.29, 0.717) is 6.04 Å². The SMILES string of the molecule is CCCNC(Cc1ccccc1Cl)C(C)(C)CC. The summed E-state index contributed by atoms with van der Waals surface area (Å²) in [4.78, 5) is 0. The van der Waals surface area contributed by atoms with Gasteiger partial charge < -0.3 is 5.32 Å². The lowest BCUT2D eigenvalue weighted by atomic mass is 9.79. The smallest absolute Gasteiger partial charge is 0.0438 e. The largest absolute Gasteiger partial charge is 0.313 e. The summed E-state index contributed by atoms with van der Waals surface area (Å²) < 4.78 is 0. The molecule has 0 amide bonds. The van der Waals surface area contributed by atoms with Crippen molar-refractivity contribution in [2.24, 2.45) is 5.41 Å². The van der Waals surface area contributed by atoms with Crippen molar-refractivity contribution in [3.05, 3.63) is 34.9 Å². The van der Waals surface area contributed by atoms with Gasteiger partial charge in [0.2, 0.25) is 0 Å². The van der Waals surface area contributed by atoms with Gasteiger partial charge in [0, 0.05) is 11.1 Å². The van der Waals surface area contributed by atoms with E-state index in [0.717, 1.165) is 18.0 Å². The Bertz CT molecular complexity index is 360. The van der Waals surface area contributed by atoms with Crippen LogP contribution in [0.25, 0.3) is 0 Å². The Morgan fingerprint density at radius 2 is 1.89 bits per heavy atom. The molecule has 2 heteroatoms. The molecular formula is C16H26ClN. The molecule has 0 aliphatic heterocycles. The molecule has 0 saturated heterocycles.